The first kappa shape index (κ1) is 18.0. The van der Waals surface area contributed by atoms with Crippen LogP contribution >= 0.6 is 0 Å². The lowest BCUT2D eigenvalue weighted by Crippen LogP contribution is -2.23. The standard InChI is InChI=1S/C21H26N2O4/c24-11-10-17-12-20(25)22-21-23(17)13-19(27-21)14-26-18-8-6-16(7-9-18)15-4-2-1-3-5-15/h6-9,12,15,19,24H,1-5,10-11,13-14H2/t19-/m0/s1. The fraction of sp³-hybridized carbons (Fsp3) is 0.524. The summed E-state index contributed by atoms with van der Waals surface area (Å²) in [4.78, 5) is 15.6. The third-order valence-electron chi connectivity index (χ3n) is 5.49. The SMILES string of the molecule is O=c1cc(CCO)n2c(n1)O[C@H](COc1ccc(C3CCCCC3)cc1)C2. The van der Waals surface area contributed by atoms with E-state index in [4.69, 9.17) is 9.47 Å². The Bertz CT molecular complexity index is 825. The Kier molecular flexibility index (Phi) is 5.43. The molecule has 1 fully saturated rings. The monoisotopic (exact) mass is 370 g/mol. The first-order chi connectivity index (χ1) is 13.2. The highest BCUT2D eigenvalue weighted by atomic mass is 16.6. The van der Waals surface area contributed by atoms with Crippen LogP contribution in [0.4, 0.5) is 0 Å². The number of aliphatic hydroxyl groups is 1. The first-order valence-electron chi connectivity index (χ1n) is 9.84. The van der Waals surface area contributed by atoms with E-state index >= 15 is 0 Å². The molecule has 1 aromatic carbocycles. The number of hydrogen-bond donors (Lipinski definition) is 1. The Balaban J connectivity index is 1.35. The molecule has 6 nitrogen and oxygen atoms in total. The summed E-state index contributed by atoms with van der Waals surface area (Å²) in [5.41, 5.74) is 1.80. The molecule has 0 radical (unpaired) electrons. The number of hydrogen-bond acceptors (Lipinski definition) is 5. The topological polar surface area (TPSA) is 73.6 Å². The van der Waals surface area contributed by atoms with Crippen molar-refractivity contribution in [1.82, 2.24) is 9.55 Å². The highest BCUT2D eigenvalue weighted by Gasteiger charge is 2.26. The molecule has 2 aromatic rings. The van der Waals surface area contributed by atoms with Crippen molar-refractivity contribution in [2.45, 2.75) is 57.1 Å². The van der Waals surface area contributed by atoms with E-state index in [0.29, 0.717) is 31.5 Å². The second kappa shape index (κ2) is 8.13. The van der Waals surface area contributed by atoms with Gasteiger partial charge in [-0.25, -0.2) is 0 Å². The summed E-state index contributed by atoms with van der Waals surface area (Å²) in [5.74, 6) is 1.52. The van der Waals surface area contributed by atoms with Crippen LogP contribution in [0.15, 0.2) is 35.1 Å². The van der Waals surface area contributed by atoms with Crippen molar-refractivity contribution >= 4 is 0 Å². The second-order valence-corrected chi connectivity index (χ2v) is 7.41. The maximum atomic E-state index is 11.7. The van der Waals surface area contributed by atoms with Crippen LogP contribution in [0.5, 0.6) is 11.8 Å². The predicted molar refractivity (Wildman–Crippen MR) is 101 cm³/mol. The molecule has 0 spiro atoms. The summed E-state index contributed by atoms with van der Waals surface area (Å²) < 4.78 is 13.5. The van der Waals surface area contributed by atoms with Crippen molar-refractivity contribution in [1.29, 1.82) is 0 Å². The summed E-state index contributed by atoms with van der Waals surface area (Å²) >= 11 is 0. The van der Waals surface area contributed by atoms with Gasteiger partial charge >= 0.3 is 0 Å². The van der Waals surface area contributed by atoms with Crippen LogP contribution < -0.4 is 15.0 Å². The largest absolute Gasteiger partial charge is 0.490 e. The van der Waals surface area contributed by atoms with Crippen molar-refractivity contribution in [2.24, 2.45) is 0 Å². The zero-order chi connectivity index (χ0) is 18.6. The van der Waals surface area contributed by atoms with E-state index in [1.165, 1.54) is 43.7 Å². The minimum absolute atomic E-state index is 0.0165. The Morgan fingerprint density at radius 1 is 1.19 bits per heavy atom. The van der Waals surface area contributed by atoms with Crippen LogP contribution in [0.3, 0.4) is 0 Å². The summed E-state index contributed by atoms with van der Waals surface area (Å²) in [5, 5.41) is 9.18. The molecule has 2 heterocycles. The molecule has 27 heavy (non-hydrogen) atoms. The summed E-state index contributed by atoms with van der Waals surface area (Å²) in [6.07, 6.45) is 6.81. The van der Waals surface area contributed by atoms with Crippen molar-refractivity contribution in [3.8, 4) is 11.8 Å². The molecule has 1 aromatic heterocycles. The average Bonchev–Trinajstić information content (AvgIpc) is 3.11. The van der Waals surface area contributed by atoms with E-state index < -0.39 is 0 Å². The molecular weight excluding hydrogens is 344 g/mol. The van der Waals surface area contributed by atoms with E-state index in [2.05, 4.69) is 17.1 Å². The Morgan fingerprint density at radius 3 is 2.70 bits per heavy atom. The highest BCUT2D eigenvalue weighted by molar-refractivity contribution is 5.29. The molecule has 1 aliphatic carbocycles. The quantitative estimate of drug-likeness (QED) is 0.846. The van der Waals surface area contributed by atoms with Gasteiger partial charge in [-0.3, -0.25) is 9.36 Å². The van der Waals surface area contributed by atoms with Gasteiger partial charge in [-0.2, -0.15) is 4.98 Å². The lowest BCUT2D eigenvalue weighted by atomic mass is 9.84. The fourth-order valence-corrected chi connectivity index (χ4v) is 4.08. The van der Waals surface area contributed by atoms with E-state index in [1.807, 2.05) is 16.7 Å². The first-order valence-corrected chi connectivity index (χ1v) is 9.84. The van der Waals surface area contributed by atoms with Gasteiger partial charge in [0.2, 0.25) is 0 Å². The van der Waals surface area contributed by atoms with E-state index in [1.54, 1.807) is 0 Å². The van der Waals surface area contributed by atoms with Gasteiger partial charge in [0.25, 0.3) is 11.6 Å². The van der Waals surface area contributed by atoms with Crippen molar-refractivity contribution in [3.63, 3.8) is 0 Å². The van der Waals surface area contributed by atoms with Gasteiger partial charge in [0.15, 0.2) is 6.10 Å². The molecule has 0 saturated heterocycles. The maximum absolute atomic E-state index is 11.7. The number of benzene rings is 1. The lowest BCUT2D eigenvalue weighted by Gasteiger charge is -2.22. The van der Waals surface area contributed by atoms with Crippen LogP contribution in [0.1, 0.15) is 49.3 Å². The second-order valence-electron chi connectivity index (χ2n) is 7.41. The molecule has 0 bridgehead atoms. The number of aromatic nitrogens is 2. The molecule has 1 atom stereocenters. The number of fused-ring (bicyclic) bond motifs is 1. The van der Waals surface area contributed by atoms with Crippen molar-refractivity contribution in [3.05, 3.63) is 51.9 Å². The van der Waals surface area contributed by atoms with Crippen LogP contribution in [-0.2, 0) is 13.0 Å². The number of nitrogens with zero attached hydrogens (tertiary/aromatic N) is 2. The normalized spacial score (nSPS) is 19.5. The van der Waals surface area contributed by atoms with Crippen LogP contribution in [0, 0.1) is 0 Å². The van der Waals surface area contributed by atoms with E-state index in [0.717, 1.165) is 11.4 Å². The fourth-order valence-electron chi connectivity index (χ4n) is 4.08. The van der Waals surface area contributed by atoms with Gasteiger partial charge in [0.1, 0.15) is 12.4 Å². The summed E-state index contributed by atoms with van der Waals surface area (Å²) in [6, 6.07) is 10.2. The molecule has 4 rings (SSSR count). The number of aliphatic hydroxyl groups excluding tert-OH is 1. The van der Waals surface area contributed by atoms with Gasteiger partial charge < -0.3 is 14.6 Å². The van der Waals surface area contributed by atoms with Crippen molar-refractivity contribution < 1.29 is 14.6 Å². The Morgan fingerprint density at radius 2 is 1.96 bits per heavy atom. The minimum atomic E-state index is -0.343. The molecule has 1 saturated carbocycles. The van der Waals surface area contributed by atoms with Crippen LogP contribution in [0.25, 0.3) is 0 Å². The molecule has 1 N–H and O–H groups in total. The molecule has 0 amide bonds. The molecular formula is C21H26N2O4. The number of ether oxygens (including phenoxy) is 2. The van der Waals surface area contributed by atoms with Crippen molar-refractivity contribution in [2.75, 3.05) is 13.2 Å². The van der Waals surface area contributed by atoms with E-state index in [9.17, 15) is 9.90 Å². The lowest BCUT2D eigenvalue weighted by molar-refractivity contribution is 0.143. The maximum Gasteiger partial charge on any atom is 0.300 e. The van der Waals surface area contributed by atoms with Crippen LogP contribution in [0.2, 0.25) is 0 Å². The molecule has 144 valence electrons. The average molecular weight is 370 g/mol. The van der Waals surface area contributed by atoms with Gasteiger partial charge in [-0.1, -0.05) is 31.4 Å². The third kappa shape index (κ3) is 4.16. The predicted octanol–water partition coefficient (Wildman–Crippen LogP) is 2.67. The van der Waals surface area contributed by atoms with Gasteiger partial charge in [-0.05, 0) is 36.5 Å². The smallest absolute Gasteiger partial charge is 0.300 e. The van der Waals surface area contributed by atoms with E-state index in [-0.39, 0.29) is 18.3 Å². The van der Waals surface area contributed by atoms with Crippen LogP contribution in [-0.4, -0.2) is 34.0 Å². The summed E-state index contributed by atoms with van der Waals surface area (Å²) in [7, 11) is 0. The third-order valence-corrected chi connectivity index (χ3v) is 5.49. The van der Waals surface area contributed by atoms with Gasteiger partial charge in [0, 0.05) is 24.8 Å². The van der Waals surface area contributed by atoms with Gasteiger partial charge in [-0.15, -0.1) is 0 Å². The molecule has 0 unspecified atom stereocenters. The Hall–Kier alpha value is -2.34. The highest BCUT2D eigenvalue weighted by Crippen LogP contribution is 2.33. The molecule has 1 aliphatic heterocycles. The Labute approximate surface area is 158 Å². The molecule has 6 heteroatoms. The zero-order valence-electron chi connectivity index (χ0n) is 15.5. The minimum Gasteiger partial charge on any atom is -0.490 e. The number of rotatable bonds is 6. The zero-order valence-corrected chi connectivity index (χ0v) is 15.5. The molecule has 2 aliphatic rings. The summed E-state index contributed by atoms with van der Waals surface area (Å²) in [6.45, 7) is 0.939. The van der Waals surface area contributed by atoms with Gasteiger partial charge in [0.05, 0.1) is 6.54 Å².